The van der Waals surface area contributed by atoms with E-state index in [2.05, 4.69) is 51.1 Å². The van der Waals surface area contributed by atoms with Crippen molar-refractivity contribution in [2.75, 3.05) is 0 Å². The van der Waals surface area contributed by atoms with E-state index in [4.69, 9.17) is 0 Å². The quantitative estimate of drug-likeness (QED) is 0.342. The van der Waals surface area contributed by atoms with E-state index in [0.717, 1.165) is 11.8 Å². The Morgan fingerprint density at radius 1 is 0.818 bits per heavy atom. The molecule has 1 saturated carbocycles. The maximum Gasteiger partial charge on any atom is 0 e. The largest absolute Gasteiger partial charge is 0.358 e. The van der Waals surface area contributed by atoms with E-state index in [1.807, 2.05) is 27.7 Å². The second-order valence-electron chi connectivity index (χ2n) is 6.27. The van der Waals surface area contributed by atoms with Crippen LogP contribution in [0, 0.1) is 18.8 Å². The first-order valence-electron chi connectivity index (χ1n) is 8.64. The summed E-state index contributed by atoms with van der Waals surface area (Å²) in [5.41, 5.74) is 2.00. The van der Waals surface area contributed by atoms with Gasteiger partial charge in [0.05, 0.1) is 0 Å². The molecule has 1 radical (unpaired) electrons. The van der Waals surface area contributed by atoms with Crippen LogP contribution in [0.4, 0.5) is 0 Å². The topological polar surface area (TPSA) is 0 Å². The molecule has 133 valence electrons. The zero-order valence-electron chi connectivity index (χ0n) is 16.2. The normalized spacial score (nSPS) is 20.0. The molecule has 2 atom stereocenters. The van der Waals surface area contributed by atoms with Gasteiger partial charge in [-0.15, -0.1) is 0 Å². The minimum atomic E-state index is 0. The summed E-state index contributed by atoms with van der Waals surface area (Å²) in [4.78, 5) is 0. The van der Waals surface area contributed by atoms with Gasteiger partial charge in [0.2, 0.25) is 0 Å². The summed E-state index contributed by atoms with van der Waals surface area (Å²) >= 11 is 0. The first-order chi connectivity index (χ1) is 9.59. The van der Waals surface area contributed by atoms with Crippen LogP contribution in [0.15, 0.2) is 30.3 Å². The van der Waals surface area contributed by atoms with Crippen LogP contribution in [0.5, 0.6) is 0 Å². The molecule has 1 aromatic rings. The van der Waals surface area contributed by atoms with Gasteiger partial charge in [0.15, 0.2) is 0 Å². The molecule has 0 heterocycles. The fourth-order valence-electron chi connectivity index (χ4n) is 3.27. The van der Waals surface area contributed by atoms with Crippen molar-refractivity contribution >= 4 is 0 Å². The summed E-state index contributed by atoms with van der Waals surface area (Å²) in [6.45, 7) is 15.2. The molecule has 0 spiro atoms. The average Bonchev–Trinajstić information content (AvgIpc) is 2.51. The van der Waals surface area contributed by atoms with Crippen LogP contribution in [0.3, 0.4) is 0 Å². The minimum absolute atomic E-state index is 0. The zero-order valence-corrected chi connectivity index (χ0v) is 17.8. The van der Waals surface area contributed by atoms with Crippen LogP contribution in [0.25, 0.3) is 0 Å². The average molecular weight is 394 g/mol. The predicted octanol–water partition coefficient (Wildman–Crippen LogP) is 7.51. The van der Waals surface area contributed by atoms with E-state index >= 15 is 0 Å². The molecule has 1 heteroatoms. The van der Waals surface area contributed by atoms with E-state index in [9.17, 15) is 0 Å². The fraction of sp³-hybridized carbons (Fsp3) is 0.667. The van der Waals surface area contributed by atoms with Gasteiger partial charge in [0, 0.05) is 19.5 Å². The molecule has 2 unspecified atom stereocenters. The van der Waals surface area contributed by atoms with Crippen molar-refractivity contribution in [3.8, 4) is 0 Å². The number of rotatable bonds is 1. The van der Waals surface area contributed by atoms with Gasteiger partial charge in [-0.1, -0.05) is 91.6 Å². The molecular weight excluding hydrogens is 355 g/mol. The molecule has 1 aliphatic rings. The molecule has 0 aromatic heterocycles. The van der Waals surface area contributed by atoms with Gasteiger partial charge in [-0.25, -0.2) is 0 Å². The van der Waals surface area contributed by atoms with Gasteiger partial charge < -0.3 is 7.43 Å². The summed E-state index contributed by atoms with van der Waals surface area (Å²) < 4.78 is 0. The smallest absolute Gasteiger partial charge is 0 e. The number of benzene rings is 1. The van der Waals surface area contributed by atoms with Crippen molar-refractivity contribution in [1.82, 2.24) is 0 Å². The molecule has 1 aromatic carbocycles. The molecule has 1 aliphatic carbocycles. The SMILES string of the molecule is CC.CC.CC(C)(C)C1CCCCC1c1ccccc1.[CH3-].[Rh]. The van der Waals surface area contributed by atoms with Gasteiger partial charge in [0.25, 0.3) is 0 Å². The van der Waals surface area contributed by atoms with E-state index < -0.39 is 0 Å². The summed E-state index contributed by atoms with van der Waals surface area (Å²) in [5.74, 6) is 1.64. The third kappa shape index (κ3) is 8.47. The van der Waals surface area contributed by atoms with Gasteiger partial charge in [-0.05, 0) is 35.7 Å². The summed E-state index contributed by atoms with van der Waals surface area (Å²) in [6.07, 6.45) is 5.62. The Morgan fingerprint density at radius 2 is 1.27 bits per heavy atom. The predicted molar refractivity (Wildman–Crippen MR) is 99.7 cm³/mol. The molecule has 1 fully saturated rings. The molecule has 0 bridgehead atoms. The van der Waals surface area contributed by atoms with Crippen LogP contribution in [-0.4, -0.2) is 0 Å². The molecule has 0 nitrogen and oxygen atoms in total. The second kappa shape index (κ2) is 14.4. The van der Waals surface area contributed by atoms with E-state index in [0.29, 0.717) is 5.41 Å². The number of hydrogen-bond acceptors (Lipinski definition) is 0. The zero-order chi connectivity index (χ0) is 15.6. The maximum absolute atomic E-state index is 2.40. The minimum Gasteiger partial charge on any atom is -0.358 e. The molecule has 0 saturated heterocycles. The van der Waals surface area contributed by atoms with Crippen LogP contribution in [0.2, 0.25) is 0 Å². The Bertz CT molecular complexity index is 324. The van der Waals surface area contributed by atoms with Crippen molar-refractivity contribution in [2.24, 2.45) is 11.3 Å². The van der Waals surface area contributed by atoms with E-state index in [1.165, 1.54) is 25.7 Å². The third-order valence-electron chi connectivity index (χ3n) is 4.11. The number of hydrogen-bond donors (Lipinski definition) is 0. The van der Waals surface area contributed by atoms with Gasteiger partial charge in [0.1, 0.15) is 0 Å². The molecule has 0 amide bonds. The summed E-state index contributed by atoms with van der Waals surface area (Å²) in [6, 6.07) is 11.1. The Balaban J connectivity index is -0.000000557. The molecule has 0 aliphatic heterocycles. The second-order valence-corrected chi connectivity index (χ2v) is 6.27. The van der Waals surface area contributed by atoms with Gasteiger partial charge >= 0.3 is 0 Å². The van der Waals surface area contributed by atoms with Gasteiger partial charge in [-0.2, -0.15) is 0 Å². The Labute approximate surface area is 154 Å². The third-order valence-corrected chi connectivity index (χ3v) is 4.11. The van der Waals surface area contributed by atoms with Crippen molar-refractivity contribution in [3.63, 3.8) is 0 Å². The molecular formula is C21H39Rh-. The molecule has 2 rings (SSSR count). The van der Waals surface area contributed by atoms with Gasteiger partial charge in [-0.3, -0.25) is 0 Å². The van der Waals surface area contributed by atoms with Crippen molar-refractivity contribution < 1.29 is 19.5 Å². The van der Waals surface area contributed by atoms with E-state index in [-0.39, 0.29) is 26.9 Å². The van der Waals surface area contributed by atoms with E-state index in [1.54, 1.807) is 5.56 Å². The maximum atomic E-state index is 2.40. The first-order valence-corrected chi connectivity index (χ1v) is 8.64. The van der Waals surface area contributed by atoms with Crippen molar-refractivity contribution in [2.45, 2.75) is 80.1 Å². The Morgan fingerprint density at radius 3 is 1.73 bits per heavy atom. The van der Waals surface area contributed by atoms with Crippen molar-refractivity contribution in [3.05, 3.63) is 43.3 Å². The van der Waals surface area contributed by atoms with Crippen LogP contribution in [0.1, 0.15) is 85.6 Å². The van der Waals surface area contributed by atoms with Crippen molar-refractivity contribution in [1.29, 1.82) is 0 Å². The standard InChI is InChI=1S/C16H24.2C2H6.CH3.Rh/c1-16(2,3)15-12-8-7-11-14(15)13-9-5-4-6-10-13;2*1-2;;/h4-6,9-10,14-15H,7-8,11-12H2,1-3H3;2*1-2H3;1H3;/q;;;-1;. The fourth-order valence-corrected chi connectivity index (χ4v) is 3.27. The molecule has 0 N–H and O–H groups in total. The Hall–Kier alpha value is -0.157. The van der Waals surface area contributed by atoms with Crippen LogP contribution in [-0.2, 0) is 19.5 Å². The van der Waals surface area contributed by atoms with Crippen LogP contribution < -0.4 is 0 Å². The Kier molecular flexibility index (Phi) is 17.5. The van der Waals surface area contributed by atoms with Crippen LogP contribution >= 0.6 is 0 Å². The summed E-state index contributed by atoms with van der Waals surface area (Å²) in [5, 5.41) is 0. The summed E-state index contributed by atoms with van der Waals surface area (Å²) in [7, 11) is 0. The monoisotopic (exact) mass is 394 g/mol. The molecule has 22 heavy (non-hydrogen) atoms. The first kappa shape index (κ1) is 26.7.